The van der Waals surface area contributed by atoms with Crippen molar-refractivity contribution in [2.45, 2.75) is 6.92 Å². The number of aryl methyl sites for hydroxylation is 1. The fraction of sp³-hybridized carbons (Fsp3) is 0.273. The van der Waals surface area contributed by atoms with E-state index in [-0.39, 0.29) is 11.3 Å². The summed E-state index contributed by atoms with van der Waals surface area (Å²) in [6.07, 6.45) is 0. The number of nitrogens with two attached hydrogens (primary N) is 2. The number of anilines is 2. The van der Waals surface area contributed by atoms with Crippen LogP contribution < -0.4 is 22.1 Å². The molecule has 98 valence electrons. The molecule has 0 atom stereocenters. The molecule has 0 aliphatic carbocycles. The minimum atomic E-state index is -1.07. The highest BCUT2D eigenvalue weighted by Gasteiger charge is 2.11. The van der Waals surface area contributed by atoms with Crippen molar-refractivity contribution in [1.29, 1.82) is 0 Å². The van der Waals surface area contributed by atoms with E-state index in [1.54, 1.807) is 13.0 Å². The molecule has 7 heteroatoms. The van der Waals surface area contributed by atoms with Crippen LogP contribution in [0.4, 0.5) is 16.2 Å². The van der Waals surface area contributed by atoms with Crippen molar-refractivity contribution in [2.75, 3.05) is 24.1 Å². The number of amides is 2. The van der Waals surface area contributed by atoms with E-state index in [1.807, 2.05) is 0 Å². The topological polar surface area (TPSA) is 130 Å². The minimum Gasteiger partial charge on any atom is -0.478 e. The number of urea groups is 1. The average Bonchev–Trinajstić information content (AvgIpc) is 2.28. The Morgan fingerprint density at radius 2 is 2.00 bits per heavy atom. The Balaban J connectivity index is 2.72. The monoisotopic (exact) mass is 252 g/mol. The number of carboxylic acid groups (broad SMARTS) is 1. The second-order valence-corrected chi connectivity index (χ2v) is 3.78. The third kappa shape index (κ3) is 3.55. The fourth-order valence-corrected chi connectivity index (χ4v) is 1.47. The van der Waals surface area contributed by atoms with Crippen molar-refractivity contribution < 1.29 is 14.7 Å². The maximum Gasteiger partial charge on any atom is 0.337 e. The van der Waals surface area contributed by atoms with E-state index in [0.29, 0.717) is 24.3 Å². The summed E-state index contributed by atoms with van der Waals surface area (Å²) in [5.41, 5.74) is 12.2. The van der Waals surface area contributed by atoms with Gasteiger partial charge in [-0.1, -0.05) is 0 Å². The standard InChI is InChI=1S/C11H16N4O3/c1-6-4-7(14-2-3-15-11(13)18)5-8(9(6)12)10(16)17/h4-5,14H,2-3,12H2,1H3,(H,16,17)(H3,13,15,18). The molecule has 0 bridgehead atoms. The first kappa shape index (κ1) is 13.6. The SMILES string of the molecule is Cc1cc(NCCNC(N)=O)cc(C(=O)O)c1N. The number of nitrogen functional groups attached to an aromatic ring is 1. The van der Waals surface area contributed by atoms with Crippen molar-refractivity contribution >= 4 is 23.4 Å². The van der Waals surface area contributed by atoms with E-state index in [0.717, 1.165) is 0 Å². The van der Waals surface area contributed by atoms with Crippen LogP contribution in [0.5, 0.6) is 0 Å². The van der Waals surface area contributed by atoms with Gasteiger partial charge in [0, 0.05) is 24.5 Å². The number of hydrogen-bond acceptors (Lipinski definition) is 4. The Morgan fingerprint density at radius 3 is 2.56 bits per heavy atom. The smallest absolute Gasteiger partial charge is 0.337 e. The molecule has 1 aromatic rings. The molecule has 0 aliphatic heterocycles. The lowest BCUT2D eigenvalue weighted by Crippen LogP contribution is -2.33. The van der Waals surface area contributed by atoms with Gasteiger partial charge < -0.3 is 27.2 Å². The van der Waals surface area contributed by atoms with Gasteiger partial charge in [-0.05, 0) is 24.6 Å². The van der Waals surface area contributed by atoms with Crippen molar-refractivity contribution in [3.63, 3.8) is 0 Å². The highest BCUT2D eigenvalue weighted by molar-refractivity contribution is 5.95. The summed E-state index contributed by atoms with van der Waals surface area (Å²) in [5.74, 6) is -1.07. The summed E-state index contributed by atoms with van der Waals surface area (Å²) in [7, 11) is 0. The number of nitrogens with one attached hydrogen (secondary N) is 2. The van der Waals surface area contributed by atoms with Crippen LogP contribution in [0.1, 0.15) is 15.9 Å². The van der Waals surface area contributed by atoms with Crippen molar-refractivity contribution in [3.05, 3.63) is 23.3 Å². The van der Waals surface area contributed by atoms with Crippen LogP contribution in [0.15, 0.2) is 12.1 Å². The Kier molecular flexibility index (Phi) is 4.36. The number of aromatic carboxylic acids is 1. The third-order valence-electron chi connectivity index (χ3n) is 2.37. The van der Waals surface area contributed by atoms with Gasteiger partial charge in [-0.3, -0.25) is 0 Å². The summed E-state index contributed by atoms with van der Waals surface area (Å²) < 4.78 is 0. The Hall–Kier alpha value is -2.44. The van der Waals surface area contributed by atoms with Gasteiger partial charge in [0.2, 0.25) is 0 Å². The number of primary amides is 1. The molecule has 7 N–H and O–H groups in total. The second-order valence-electron chi connectivity index (χ2n) is 3.78. The van der Waals surface area contributed by atoms with Crippen LogP contribution in [0.3, 0.4) is 0 Å². The van der Waals surface area contributed by atoms with Gasteiger partial charge in [0.1, 0.15) is 0 Å². The number of carbonyl (C=O) groups excluding carboxylic acids is 1. The number of carboxylic acids is 1. The van der Waals surface area contributed by atoms with E-state index < -0.39 is 12.0 Å². The average molecular weight is 252 g/mol. The van der Waals surface area contributed by atoms with Gasteiger partial charge >= 0.3 is 12.0 Å². The summed E-state index contributed by atoms with van der Waals surface area (Å²) in [6, 6.07) is 2.59. The van der Waals surface area contributed by atoms with Crippen LogP contribution in [-0.2, 0) is 0 Å². The molecular weight excluding hydrogens is 236 g/mol. The second kappa shape index (κ2) is 5.76. The lowest BCUT2D eigenvalue weighted by Gasteiger charge is -2.11. The molecule has 0 saturated carbocycles. The molecule has 7 nitrogen and oxygen atoms in total. The van der Waals surface area contributed by atoms with Gasteiger partial charge in [0.15, 0.2) is 0 Å². The Labute approximate surface area is 104 Å². The zero-order valence-corrected chi connectivity index (χ0v) is 9.99. The molecule has 0 saturated heterocycles. The van der Waals surface area contributed by atoms with Crippen LogP contribution in [0, 0.1) is 6.92 Å². The minimum absolute atomic E-state index is 0.0559. The van der Waals surface area contributed by atoms with Crippen molar-refractivity contribution in [1.82, 2.24) is 5.32 Å². The Morgan fingerprint density at radius 1 is 1.33 bits per heavy atom. The molecule has 0 aliphatic rings. The van der Waals surface area contributed by atoms with Gasteiger partial charge in [-0.15, -0.1) is 0 Å². The molecule has 18 heavy (non-hydrogen) atoms. The van der Waals surface area contributed by atoms with E-state index in [1.165, 1.54) is 6.07 Å². The third-order valence-corrected chi connectivity index (χ3v) is 2.37. The van der Waals surface area contributed by atoms with E-state index in [4.69, 9.17) is 16.6 Å². The summed E-state index contributed by atoms with van der Waals surface area (Å²) >= 11 is 0. The van der Waals surface area contributed by atoms with Crippen molar-refractivity contribution in [2.24, 2.45) is 5.73 Å². The molecule has 0 spiro atoms. The maximum atomic E-state index is 11.0. The number of hydrogen-bond donors (Lipinski definition) is 5. The number of benzene rings is 1. The highest BCUT2D eigenvalue weighted by atomic mass is 16.4. The molecule has 1 aromatic carbocycles. The number of rotatable bonds is 5. The van der Waals surface area contributed by atoms with E-state index >= 15 is 0 Å². The van der Waals surface area contributed by atoms with E-state index in [9.17, 15) is 9.59 Å². The summed E-state index contributed by atoms with van der Waals surface area (Å²) in [5, 5.41) is 14.4. The van der Waals surface area contributed by atoms with Crippen LogP contribution >= 0.6 is 0 Å². The molecule has 2 amide bonds. The normalized spacial score (nSPS) is 9.83. The lowest BCUT2D eigenvalue weighted by molar-refractivity contribution is 0.0698. The highest BCUT2D eigenvalue weighted by Crippen LogP contribution is 2.22. The zero-order chi connectivity index (χ0) is 13.7. The van der Waals surface area contributed by atoms with Crippen molar-refractivity contribution in [3.8, 4) is 0 Å². The molecule has 0 radical (unpaired) electrons. The largest absolute Gasteiger partial charge is 0.478 e. The first-order chi connectivity index (χ1) is 8.41. The molecule has 0 aromatic heterocycles. The zero-order valence-electron chi connectivity index (χ0n) is 9.99. The van der Waals surface area contributed by atoms with Crippen LogP contribution in [-0.4, -0.2) is 30.2 Å². The molecule has 0 fully saturated rings. The molecule has 1 rings (SSSR count). The number of carbonyl (C=O) groups is 2. The first-order valence-electron chi connectivity index (χ1n) is 5.32. The fourth-order valence-electron chi connectivity index (χ4n) is 1.47. The summed E-state index contributed by atoms with van der Waals surface area (Å²) in [6.45, 7) is 2.52. The van der Waals surface area contributed by atoms with Crippen LogP contribution in [0.25, 0.3) is 0 Å². The van der Waals surface area contributed by atoms with Gasteiger partial charge in [0.25, 0.3) is 0 Å². The van der Waals surface area contributed by atoms with Gasteiger partial charge in [-0.25, -0.2) is 9.59 Å². The quantitative estimate of drug-likeness (QED) is 0.381. The Bertz CT molecular complexity index is 474. The van der Waals surface area contributed by atoms with Gasteiger partial charge in [0.05, 0.1) is 5.56 Å². The predicted molar refractivity (Wildman–Crippen MR) is 68.6 cm³/mol. The molecule has 0 heterocycles. The predicted octanol–water partition coefficient (Wildman–Crippen LogP) is 0.356. The van der Waals surface area contributed by atoms with Crippen LogP contribution in [0.2, 0.25) is 0 Å². The molecule has 0 unspecified atom stereocenters. The van der Waals surface area contributed by atoms with E-state index in [2.05, 4.69) is 10.6 Å². The summed E-state index contributed by atoms with van der Waals surface area (Å²) in [4.78, 5) is 21.4. The van der Waals surface area contributed by atoms with Gasteiger partial charge in [-0.2, -0.15) is 0 Å². The molecular formula is C11H16N4O3. The maximum absolute atomic E-state index is 11.0. The lowest BCUT2D eigenvalue weighted by atomic mass is 10.1. The first-order valence-corrected chi connectivity index (χ1v) is 5.32.